The normalized spacial score (nSPS) is 18.3. The first-order chi connectivity index (χ1) is 8.79. The van der Waals surface area contributed by atoms with Crippen molar-refractivity contribution in [3.05, 3.63) is 24.3 Å². The molecule has 0 aliphatic carbocycles. The molecular weight excluding hydrogens is 230 g/mol. The molecule has 4 heteroatoms. The molecule has 0 amide bonds. The van der Waals surface area contributed by atoms with Gasteiger partial charge in [0, 0.05) is 19.3 Å². The van der Waals surface area contributed by atoms with Crippen LogP contribution in [-0.4, -0.2) is 33.0 Å². The van der Waals surface area contributed by atoms with Crippen LogP contribution in [0.3, 0.4) is 0 Å². The molecule has 2 N–H and O–H groups in total. The molecule has 4 nitrogen and oxygen atoms in total. The average molecular weight is 251 g/mol. The van der Waals surface area contributed by atoms with Gasteiger partial charge in [-0.05, 0) is 43.0 Å². The van der Waals surface area contributed by atoms with Gasteiger partial charge in [0.2, 0.25) is 0 Å². The molecule has 1 atom stereocenters. The van der Waals surface area contributed by atoms with Gasteiger partial charge in [-0.15, -0.1) is 0 Å². The summed E-state index contributed by atoms with van der Waals surface area (Å²) >= 11 is 0. The first-order valence-electron chi connectivity index (χ1n) is 6.40. The lowest BCUT2D eigenvalue weighted by molar-refractivity contribution is 0.0521. The number of nitrogens with two attached hydrogens (primary N) is 1. The van der Waals surface area contributed by atoms with Crippen LogP contribution in [0.25, 0.3) is 0 Å². The standard InChI is InChI=1S/C14H21NO3/c1-16-12-2-4-13(5-3-12)18-10-14(15)11-6-8-17-9-7-11/h2-5,11,14H,6-10,15H2,1H3. The maximum Gasteiger partial charge on any atom is 0.119 e. The van der Waals surface area contributed by atoms with Crippen molar-refractivity contribution in [1.29, 1.82) is 0 Å². The molecule has 1 unspecified atom stereocenters. The third kappa shape index (κ3) is 3.62. The zero-order valence-corrected chi connectivity index (χ0v) is 10.8. The lowest BCUT2D eigenvalue weighted by Gasteiger charge is -2.27. The molecule has 1 heterocycles. The number of benzene rings is 1. The van der Waals surface area contributed by atoms with Gasteiger partial charge in [0.25, 0.3) is 0 Å². The first kappa shape index (κ1) is 13.2. The van der Waals surface area contributed by atoms with E-state index in [9.17, 15) is 0 Å². The molecule has 100 valence electrons. The average Bonchev–Trinajstić information content (AvgIpc) is 2.46. The predicted octanol–water partition coefficient (Wildman–Crippen LogP) is 1.83. The van der Waals surface area contributed by atoms with Crippen LogP contribution < -0.4 is 15.2 Å². The maximum absolute atomic E-state index is 6.15. The van der Waals surface area contributed by atoms with Gasteiger partial charge in [-0.25, -0.2) is 0 Å². The smallest absolute Gasteiger partial charge is 0.119 e. The summed E-state index contributed by atoms with van der Waals surface area (Å²) in [5.74, 6) is 2.17. The fraction of sp³-hybridized carbons (Fsp3) is 0.571. The number of methoxy groups -OCH3 is 1. The van der Waals surface area contributed by atoms with Crippen LogP contribution in [0.1, 0.15) is 12.8 Å². The summed E-state index contributed by atoms with van der Waals surface area (Å²) in [5, 5.41) is 0. The zero-order valence-electron chi connectivity index (χ0n) is 10.8. The zero-order chi connectivity index (χ0) is 12.8. The van der Waals surface area contributed by atoms with Crippen molar-refractivity contribution in [2.45, 2.75) is 18.9 Å². The van der Waals surface area contributed by atoms with Gasteiger partial charge in [0.1, 0.15) is 18.1 Å². The largest absolute Gasteiger partial charge is 0.497 e. The van der Waals surface area contributed by atoms with Gasteiger partial charge in [-0.3, -0.25) is 0 Å². The van der Waals surface area contributed by atoms with Crippen LogP contribution in [0.5, 0.6) is 11.5 Å². The molecule has 1 aromatic rings. The Bertz CT molecular complexity index is 347. The van der Waals surface area contributed by atoms with Crippen LogP contribution in [0.2, 0.25) is 0 Å². The second kappa shape index (κ2) is 6.61. The molecule has 0 saturated carbocycles. The Morgan fingerprint density at radius 3 is 2.44 bits per heavy atom. The summed E-state index contributed by atoms with van der Waals surface area (Å²) in [5.41, 5.74) is 6.15. The van der Waals surface area contributed by atoms with Crippen LogP contribution in [0.4, 0.5) is 0 Å². The molecule has 2 rings (SSSR count). The molecule has 1 saturated heterocycles. The highest BCUT2D eigenvalue weighted by Crippen LogP contribution is 2.20. The Morgan fingerprint density at radius 1 is 1.22 bits per heavy atom. The van der Waals surface area contributed by atoms with Gasteiger partial charge >= 0.3 is 0 Å². The van der Waals surface area contributed by atoms with Crippen LogP contribution >= 0.6 is 0 Å². The monoisotopic (exact) mass is 251 g/mol. The van der Waals surface area contributed by atoms with Crippen LogP contribution in [0.15, 0.2) is 24.3 Å². The SMILES string of the molecule is COc1ccc(OCC(N)C2CCOCC2)cc1. The summed E-state index contributed by atoms with van der Waals surface area (Å²) in [4.78, 5) is 0. The molecule has 0 spiro atoms. The molecular formula is C14H21NO3. The van der Waals surface area contributed by atoms with Crippen molar-refractivity contribution in [2.75, 3.05) is 26.9 Å². The molecule has 0 aromatic heterocycles. The molecule has 1 aromatic carbocycles. The summed E-state index contributed by atoms with van der Waals surface area (Å²) in [6.07, 6.45) is 2.07. The van der Waals surface area contributed by atoms with E-state index in [-0.39, 0.29) is 6.04 Å². The lowest BCUT2D eigenvalue weighted by Crippen LogP contribution is -2.38. The van der Waals surface area contributed by atoms with Crippen molar-refractivity contribution in [3.8, 4) is 11.5 Å². The molecule has 1 aliphatic rings. The lowest BCUT2D eigenvalue weighted by atomic mass is 9.93. The van der Waals surface area contributed by atoms with Crippen molar-refractivity contribution in [2.24, 2.45) is 11.7 Å². The van der Waals surface area contributed by atoms with Crippen LogP contribution in [-0.2, 0) is 4.74 Å². The highest BCUT2D eigenvalue weighted by molar-refractivity contribution is 5.31. The van der Waals surface area contributed by atoms with E-state index in [2.05, 4.69) is 0 Å². The van der Waals surface area contributed by atoms with Gasteiger partial charge < -0.3 is 19.9 Å². The summed E-state index contributed by atoms with van der Waals surface area (Å²) in [6.45, 7) is 2.19. The minimum Gasteiger partial charge on any atom is -0.497 e. The summed E-state index contributed by atoms with van der Waals surface area (Å²) in [7, 11) is 1.65. The Hall–Kier alpha value is -1.26. The van der Waals surface area contributed by atoms with E-state index in [1.54, 1.807) is 7.11 Å². The highest BCUT2D eigenvalue weighted by atomic mass is 16.5. The van der Waals surface area contributed by atoms with E-state index in [1.165, 1.54) is 0 Å². The second-order valence-corrected chi connectivity index (χ2v) is 4.60. The minimum atomic E-state index is 0.0796. The highest BCUT2D eigenvalue weighted by Gasteiger charge is 2.21. The first-order valence-corrected chi connectivity index (χ1v) is 6.40. The predicted molar refractivity (Wildman–Crippen MR) is 70.0 cm³/mol. The minimum absolute atomic E-state index is 0.0796. The Labute approximate surface area is 108 Å². The van der Waals surface area contributed by atoms with Crippen molar-refractivity contribution in [1.82, 2.24) is 0 Å². The van der Waals surface area contributed by atoms with E-state index >= 15 is 0 Å². The number of ether oxygens (including phenoxy) is 3. The molecule has 0 radical (unpaired) electrons. The number of rotatable bonds is 5. The Balaban J connectivity index is 1.78. The second-order valence-electron chi connectivity index (χ2n) is 4.60. The number of hydrogen-bond acceptors (Lipinski definition) is 4. The van der Waals surface area contributed by atoms with Gasteiger partial charge in [0.05, 0.1) is 7.11 Å². The third-order valence-electron chi connectivity index (χ3n) is 3.37. The Kier molecular flexibility index (Phi) is 4.84. The van der Waals surface area contributed by atoms with Gasteiger partial charge in [-0.2, -0.15) is 0 Å². The Morgan fingerprint density at radius 2 is 1.83 bits per heavy atom. The van der Waals surface area contributed by atoms with Gasteiger partial charge in [-0.1, -0.05) is 0 Å². The molecule has 0 bridgehead atoms. The van der Waals surface area contributed by atoms with E-state index in [0.29, 0.717) is 12.5 Å². The summed E-state index contributed by atoms with van der Waals surface area (Å²) in [6, 6.07) is 7.64. The van der Waals surface area contributed by atoms with Crippen molar-refractivity contribution < 1.29 is 14.2 Å². The summed E-state index contributed by atoms with van der Waals surface area (Å²) < 4.78 is 16.1. The van der Waals surface area contributed by atoms with Crippen molar-refractivity contribution >= 4 is 0 Å². The number of hydrogen-bond donors (Lipinski definition) is 1. The quantitative estimate of drug-likeness (QED) is 0.867. The third-order valence-corrected chi connectivity index (χ3v) is 3.37. The maximum atomic E-state index is 6.15. The molecule has 1 fully saturated rings. The van der Waals surface area contributed by atoms with Crippen LogP contribution in [0, 0.1) is 5.92 Å². The fourth-order valence-electron chi connectivity index (χ4n) is 2.14. The van der Waals surface area contributed by atoms with Crippen molar-refractivity contribution in [3.63, 3.8) is 0 Å². The fourth-order valence-corrected chi connectivity index (χ4v) is 2.14. The topological polar surface area (TPSA) is 53.7 Å². The van der Waals surface area contributed by atoms with E-state index < -0.39 is 0 Å². The molecule has 1 aliphatic heterocycles. The van der Waals surface area contributed by atoms with Gasteiger partial charge in [0.15, 0.2) is 0 Å². The van der Waals surface area contributed by atoms with E-state index in [4.69, 9.17) is 19.9 Å². The van der Waals surface area contributed by atoms with E-state index in [0.717, 1.165) is 37.6 Å². The molecule has 18 heavy (non-hydrogen) atoms. The van der Waals surface area contributed by atoms with E-state index in [1.807, 2.05) is 24.3 Å².